The van der Waals surface area contributed by atoms with Crippen molar-refractivity contribution < 1.29 is 23.9 Å². The number of hydrogen-bond donors (Lipinski definition) is 2. The Morgan fingerprint density at radius 1 is 1.28 bits per heavy atom. The highest BCUT2D eigenvalue weighted by atomic mass is 16.6. The van der Waals surface area contributed by atoms with E-state index in [1.807, 2.05) is 25.1 Å². The van der Waals surface area contributed by atoms with Crippen LogP contribution in [0.3, 0.4) is 0 Å². The molecule has 0 spiro atoms. The average Bonchev–Trinajstić information content (AvgIpc) is 2.56. The Kier molecular flexibility index (Phi) is 8.98. The number of amides is 2. The van der Waals surface area contributed by atoms with E-state index in [9.17, 15) is 14.4 Å². The summed E-state index contributed by atoms with van der Waals surface area (Å²) >= 11 is 0. The summed E-state index contributed by atoms with van der Waals surface area (Å²) in [5.74, 6) is -1.44. The quantitative estimate of drug-likeness (QED) is 0.375. The SMILES string of the molecule is CNC(=O)C1CC=CC(OC(C)=O)C1COC(=O)NCCCN(C)C. The van der Waals surface area contributed by atoms with Crippen LogP contribution in [-0.4, -0.2) is 69.8 Å². The lowest BCUT2D eigenvalue weighted by Gasteiger charge is -2.32. The molecule has 8 nitrogen and oxygen atoms in total. The number of rotatable bonds is 8. The molecule has 1 aliphatic carbocycles. The molecule has 142 valence electrons. The van der Waals surface area contributed by atoms with Gasteiger partial charge in [-0.3, -0.25) is 9.59 Å². The van der Waals surface area contributed by atoms with Gasteiger partial charge in [0, 0.05) is 26.4 Å². The standard InChI is InChI=1S/C17H29N3O5/c1-12(21)25-15-8-5-7-13(16(22)18-2)14(15)11-24-17(23)19-9-6-10-20(3)4/h5,8,13-15H,6-7,9-11H2,1-4H3,(H,18,22)(H,19,23). The fourth-order valence-electron chi connectivity index (χ4n) is 2.73. The zero-order valence-electron chi connectivity index (χ0n) is 15.4. The first kappa shape index (κ1) is 21.0. The summed E-state index contributed by atoms with van der Waals surface area (Å²) in [7, 11) is 5.48. The molecule has 0 radical (unpaired) electrons. The highest BCUT2D eigenvalue weighted by Gasteiger charge is 2.37. The number of alkyl carbamates (subject to hydrolysis) is 1. The van der Waals surface area contributed by atoms with Crippen LogP contribution in [0.5, 0.6) is 0 Å². The van der Waals surface area contributed by atoms with Gasteiger partial charge in [0.1, 0.15) is 12.7 Å². The maximum atomic E-state index is 12.1. The molecule has 0 aromatic rings. The van der Waals surface area contributed by atoms with Gasteiger partial charge in [0.15, 0.2) is 0 Å². The number of carbonyl (C=O) groups is 3. The zero-order valence-corrected chi connectivity index (χ0v) is 15.4. The third kappa shape index (κ3) is 7.55. The van der Waals surface area contributed by atoms with Crippen molar-refractivity contribution >= 4 is 18.0 Å². The number of allylic oxidation sites excluding steroid dienone is 1. The summed E-state index contributed by atoms with van der Waals surface area (Å²) in [5.41, 5.74) is 0. The number of carbonyl (C=O) groups excluding carboxylic acids is 3. The molecule has 1 aliphatic rings. The second-order valence-corrected chi connectivity index (χ2v) is 6.30. The molecule has 3 atom stereocenters. The lowest BCUT2D eigenvalue weighted by molar-refractivity contribution is -0.150. The van der Waals surface area contributed by atoms with Crippen LogP contribution in [0, 0.1) is 11.8 Å². The lowest BCUT2D eigenvalue weighted by Crippen LogP contribution is -2.44. The van der Waals surface area contributed by atoms with E-state index >= 15 is 0 Å². The van der Waals surface area contributed by atoms with Crippen molar-refractivity contribution in [3.8, 4) is 0 Å². The Bertz CT molecular complexity index is 493. The minimum atomic E-state index is -0.588. The Hall–Kier alpha value is -2.09. The minimum absolute atomic E-state index is 0.000112. The Balaban J connectivity index is 2.58. The normalized spacial score (nSPS) is 22.4. The summed E-state index contributed by atoms with van der Waals surface area (Å²) < 4.78 is 10.5. The number of hydrogen-bond acceptors (Lipinski definition) is 6. The summed E-state index contributed by atoms with van der Waals surface area (Å²) in [5, 5.41) is 5.28. The molecular formula is C17H29N3O5. The fraction of sp³-hybridized carbons (Fsp3) is 0.706. The number of esters is 1. The molecule has 0 aliphatic heterocycles. The van der Waals surface area contributed by atoms with Gasteiger partial charge in [0.2, 0.25) is 5.91 Å². The highest BCUT2D eigenvalue weighted by molar-refractivity contribution is 5.79. The number of nitrogens with zero attached hydrogens (tertiary/aromatic N) is 1. The molecule has 0 fully saturated rings. The van der Waals surface area contributed by atoms with Gasteiger partial charge in [-0.15, -0.1) is 0 Å². The molecule has 0 aromatic carbocycles. The molecule has 0 saturated heterocycles. The third-order valence-corrected chi connectivity index (χ3v) is 4.00. The molecule has 2 N–H and O–H groups in total. The van der Waals surface area contributed by atoms with Crippen molar-refractivity contribution in [3.63, 3.8) is 0 Å². The van der Waals surface area contributed by atoms with E-state index < -0.39 is 30.0 Å². The van der Waals surface area contributed by atoms with Crippen LogP contribution in [0.25, 0.3) is 0 Å². The van der Waals surface area contributed by atoms with Crippen LogP contribution >= 0.6 is 0 Å². The first-order valence-electron chi connectivity index (χ1n) is 8.46. The Morgan fingerprint density at radius 3 is 2.60 bits per heavy atom. The van der Waals surface area contributed by atoms with Crippen LogP contribution in [0.1, 0.15) is 19.8 Å². The van der Waals surface area contributed by atoms with E-state index in [1.54, 1.807) is 13.1 Å². The minimum Gasteiger partial charge on any atom is -0.458 e. The first-order chi connectivity index (χ1) is 11.8. The van der Waals surface area contributed by atoms with Gasteiger partial charge in [-0.05, 0) is 39.6 Å². The van der Waals surface area contributed by atoms with E-state index in [2.05, 4.69) is 10.6 Å². The van der Waals surface area contributed by atoms with Crippen molar-refractivity contribution in [3.05, 3.63) is 12.2 Å². The van der Waals surface area contributed by atoms with E-state index in [-0.39, 0.29) is 12.5 Å². The summed E-state index contributed by atoms with van der Waals surface area (Å²) in [6.45, 7) is 2.68. The van der Waals surface area contributed by atoms with Gasteiger partial charge in [-0.2, -0.15) is 0 Å². The van der Waals surface area contributed by atoms with Crippen molar-refractivity contribution in [2.24, 2.45) is 11.8 Å². The summed E-state index contributed by atoms with van der Waals surface area (Å²) in [6, 6.07) is 0. The molecule has 0 heterocycles. The molecule has 1 rings (SSSR count). The lowest BCUT2D eigenvalue weighted by atomic mass is 9.81. The molecule has 8 heteroatoms. The molecule has 0 bridgehead atoms. The number of ether oxygens (including phenoxy) is 2. The highest BCUT2D eigenvalue weighted by Crippen LogP contribution is 2.28. The Labute approximate surface area is 148 Å². The maximum Gasteiger partial charge on any atom is 0.407 e. The Morgan fingerprint density at radius 2 is 2.00 bits per heavy atom. The fourth-order valence-corrected chi connectivity index (χ4v) is 2.73. The van der Waals surface area contributed by atoms with E-state index in [4.69, 9.17) is 9.47 Å². The maximum absolute atomic E-state index is 12.1. The molecule has 0 aromatic heterocycles. The van der Waals surface area contributed by atoms with Crippen molar-refractivity contribution in [1.82, 2.24) is 15.5 Å². The van der Waals surface area contributed by atoms with Gasteiger partial charge in [0.25, 0.3) is 0 Å². The van der Waals surface area contributed by atoms with E-state index in [1.165, 1.54) is 6.92 Å². The predicted octanol–water partition coefficient (Wildman–Crippen LogP) is 0.534. The topological polar surface area (TPSA) is 97.0 Å². The molecule has 2 amide bonds. The molecule has 25 heavy (non-hydrogen) atoms. The smallest absolute Gasteiger partial charge is 0.407 e. The van der Waals surface area contributed by atoms with Crippen LogP contribution < -0.4 is 10.6 Å². The summed E-state index contributed by atoms with van der Waals surface area (Å²) in [4.78, 5) is 37.2. The van der Waals surface area contributed by atoms with E-state index in [0.29, 0.717) is 13.0 Å². The van der Waals surface area contributed by atoms with Gasteiger partial charge in [0.05, 0.1) is 5.92 Å². The second-order valence-electron chi connectivity index (χ2n) is 6.30. The van der Waals surface area contributed by atoms with Crippen molar-refractivity contribution in [1.29, 1.82) is 0 Å². The van der Waals surface area contributed by atoms with Crippen molar-refractivity contribution in [2.75, 3.05) is 40.8 Å². The van der Waals surface area contributed by atoms with Crippen LogP contribution in [0.15, 0.2) is 12.2 Å². The predicted molar refractivity (Wildman–Crippen MR) is 92.9 cm³/mol. The van der Waals surface area contributed by atoms with Gasteiger partial charge < -0.3 is 25.0 Å². The molecular weight excluding hydrogens is 326 g/mol. The van der Waals surface area contributed by atoms with Crippen molar-refractivity contribution in [2.45, 2.75) is 25.9 Å². The van der Waals surface area contributed by atoms with Gasteiger partial charge >= 0.3 is 12.1 Å². The summed E-state index contributed by atoms with van der Waals surface area (Å²) in [6.07, 6.45) is 3.75. The van der Waals surface area contributed by atoms with Crippen LogP contribution in [0.2, 0.25) is 0 Å². The average molecular weight is 355 g/mol. The van der Waals surface area contributed by atoms with Gasteiger partial charge in [-0.25, -0.2) is 4.79 Å². The molecule has 0 saturated carbocycles. The molecule has 3 unspecified atom stereocenters. The first-order valence-corrected chi connectivity index (χ1v) is 8.46. The van der Waals surface area contributed by atoms with E-state index in [0.717, 1.165) is 13.0 Å². The van der Waals surface area contributed by atoms with Crippen LogP contribution in [0.4, 0.5) is 4.79 Å². The third-order valence-electron chi connectivity index (χ3n) is 4.00. The van der Waals surface area contributed by atoms with Gasteiger partial charge in [-0.1, -0.05) is 6.08 Å². The zero-order chi connectivity index (χ0) is 18.8. The largest absolute Gasteiger partial charge is 0.458 e. The monoisotopic (exact) mass is 355 g/mol. The number of nitrogens with one attached hydrogen (secondary N) is 2. The second kappa shape index (κ2) is 10.7. The van der Waals surface area contributed by atoms with Crippen LogP contribution in [-0.2, 0) is 19.1 Å².